The van der Waals surface area contributed by atoms with Gasteiger partial charge >= 0.3 is 12.1 Å². The van der Waals surface area contributed by atoms with Gasteiger partial charge in [-0.15, -0.1) is 0 Å². The van der Waals surface area contributed by atoms with Crippen LogP contribution in [0.3, 0.4) is 0 Å². The molecule has 0 spiro atoms. The van der Waals surface area contributed by atoms with Gasteiger partial charge in [-0.2, -0.15) is 0 Å². The van der Waals surface area contributed by atoms with Crippen molar-refractivity contribution in [1.29, 1.82) is 0 Å². The van der Waals surface area contributed by atoms with Crippen molar-refractivity contribution in [2.45, 2.75) is 19.6 Å². The lowest BCUT2D eigenvalue weighted by molar-refractivity contribution is -0.310. The third-order valence-electron chi connectivity index (χ3n) is 1.29. The largest absolute Gasteiger partial charge is 0.509 e. The molecular weight excluding hydrogens is 208 g/mol. The van der Waals surface area contributed by atoms with E-state index in [1.54, 1.807) is 0 Å². The second-order valence-electron chi connectivity index (χ2n) is 2.95. The third-order valence-corrected chi connectivity index (χ3v) is 1.29. The minimum atomic E-state index is -1.91. The van der Waals surface area contributed by atoms with Gasteiger partial charge in [0, 0.05) is 12.5 Å². The fourth-order valence-corrected chi connectivity index (χ4v) is 0.665. The van der Waals surface area contributed by atoms with Crippen molar-refractivity contribution in [1.82, 2.24) is 0 Å². The van der Waals surface area contributed by atoms with E-state index in [0.29, 0.717) is 0 Å². The van der Waals surface area contributed by atoms with Crippen LogP contribution in [0.4, 0.5) is 4.79 Å². The zero-order valence-corrected chi connectivity index (χ0v) is 8.35. The zero-order valence-electron chi connectivity index (χ0n) is 8.35. The van der Waals surface area contributed by atoms with E-state index in [4.69, 9.17) is 10.4 Å². The first-order valence-corrected chi connectivity index (χ1v) is 3.88. The fraction of sp³-hybridized carbons (Fsp3) is 0.500. The van der Waals surface area contributed by atoms with Crippen molar-refractivity contribution in [3.05, 3.63) is 12.2 Å². The lowest BCUT2D eigenvalue weighted by atomic mass is 10.3. The Kier molecular flexibility index (Phi) is 4.75. The molecule has 7 nitrogen and oxygen atoms in total. The van der Waals surface area contributed by atoms with Gasteiger partial charge < -0.3 is 14.6 Å². The molecule has 0 amide bonds. The van der Waals surface area contributed by atoms with Crippen LogP contribution in [0.15, 0.2) is 12.2 Å². The number of hydrogen-bond donors (Lipinski definition) is 2. The van der Waals surface area contributed by atoms with E-state index in [-0.39, 0.29) is 5.57 Å². The topological polar surface area (TPSA) is 102 Å². The van der Waals surface area contributed by atoms with E-state index in [1.807, 2.05) is 0 Å². The van der Waals surface area contributed by atoms with E-state index in [0.717, 1.165) is 6.92 Å². The summed E-state index contributed by atoms with van der Waals surface area (Å²) in [5, 5.41) is 16.5. The summed E-state index contributed by atoms with van der Waals surface area (Å²) in [6.07, 6.45) is -1.66. The average Bonchev–Trinajstić information content (AvgIpc) is 2.01. The van der Waals surface area contributed by atoms with Crippen LogP contribution in [0.5, 0.6) is 0 Å². The van der Waals surface area contributed by atoms with E-state index in [1.165, 1.54) is 6.92 Å². The summed E-state index contributed by atoms with van der Waals surface area (Å²) in [5.41, 5.74) is 0.0631. The molecule has 0 aromatic rings. The van der Waals surface area contributed by atoms with E-state index < -0.39 is 24.5 Å². The first-order chi connectivity index (χ1) is 6.80. The summed E-state index contributed by atoms with van der Waals surface area (Å²) < 4.78 is 8.87. The second kappa shape index (κ2) is 5.32. The molecule has 2 N–H and O–H groups in total. The molecule has 0 bridgehead atoms. The maximum Gasteiger partial charge on any atom is 0.509 e. The Bertz CT molecular complexity index is 272. The molecule has 86 valence electrons. The van der Waals surface area contributed by atoms with Crippen LogP contribution in [0.1, 0.15) is 13.8 Å². The van der Waals surface area contributed by atoms with Gasteiger partial charge in [0.05, 0.1) is 0 Å². The number of hydrogen-bond acceptors (Lipinski definition) is 6. The number of carbonyl (C=O) groups is 2. The standard InChI is InChI=1S/C8H12O7/c1-5(2)6(9)14-8(3,4-13-12)15-7(10)11/h12H,1,4H2,2-3H3,(H,10,11). The first-order valence-electron chi connectivity index (χ1n) is 3.88. The molecule has 1 atom stereocenters. The number of ether oxygens (including phenoxy) is 2. The van der Waals surface area contributed by atoms with Crippen molar-refractivity contribution in [2.75, 3.05) is 6.61 Å². The maximum atomic E-state index is 11.1. The van der Waals surface area contributed by atoms with Gasteiger partial charge in [0.15, 0.2) is 6.61 Å². The van der Waals surface area contributed by atoms with Gasteiger partial charge in [0.2, 0.25) is 0 Å². The molecule has 0 saturated carbocycles. The van der Waals surface area contributed by atoms with E-state index in [9.17, 15) is 9.59 Å². The Morgan fingerprint density at radius 2 is 1.93 bits per heavy atom. The van der Waals surface area contributed by atoms with Crippen LogP contribution >= 0.6 is 0 Å². The third kappa shape index (κ3) is 4.99. The van der Waals surface area contributed by atoms with Crippen molar-refractivity contribution in [3.63, 3.8) is 0 Å². The lowest BCUT2D eigenvalue weighted by Crippen LogP contribution is -2.41. The molecule has 0 heterocycles. The SMILES string of the molecule is C=C(C)C(=O)OC(C)(COO)OC(=O)O. The highest BCUT2D eigenvalue weighted by Gasteiger charge is 2.34. The predicted octanol–water partition coefficient (Wildman–Crippen LogP) is 1.01. The van der Waals surface area contributed by atoms with Gasteiger partial charge in [-0.1, -0.05) is 6.58 Å². The Balaban J connectivity index is 4.56. The van der Waals surface area contributed by atoms with Gasteiger partial charge in [-0.25, -0.2) is 14.5 Å². The number of rotatable bonds is 5. The summed E-state index contributed by atoms with van der Waals surface area (Å²) in [7, 11) is 0. The molecule has 0 fully saturated rings. The highest BCUT2D eigenvalue weighted by molar-refractivity contribution is 5.87. The van der Waals surface area contributed by atoms with Crippen molar-refractivity contribution >= 4 is 12.1 Å². The fourth-order valence-electron chi connectivity index (χ4n) is 0.665. The molecule has 0 aliphatic heterocycles. The monoisotopic (exact) mass is 220 g/mol. The minimum Gasteiger partial charge on any atom is -0.450 e. The Labute approximate surface area is 85.8 Å². The molecule has 0 radical (unpaired) electrons. The molecule has 0 saturated heterocycles. The Morgan fingerprint density at radius 3 is 2.27 bits per heavy atom. The maximum absolute atomic E-state index is 11.1. The Hall–Kier alpha value is -1.60. The number of esters is 1. The van der Waals surface area contributed by atoms with Gasteiger partial charge in [0.25, 0.3) is 5.79 Å². The molecule has 0 aliphatic rings. The van der Waals surface area contributed by atoms with Crippen LogP contribution in [-0.2, 0) is 19.2 Å². The van der Waals surface area contributed by atoms with Gasteiger partial charge in [-0.05, 0) is 6.92 Å². The first kappa shape index (κ1) is 13.4. The predicted molar refractivity (Wildman–Crippen MR) is 47.0 cm³/mol. The number of carbonyl (C=O) groups excluding carboxylic acids is 1. The molecule has 15 heavy (non-hydrogen) atoms. The van der Waals surface area contributed by atoms with Crippen molar-refractivity contribution in [3.8, 4) is 0 Å². The normalized spacial score (nSPS) is 13.8. The van der Waals surface area contributed by atoms with E-state index in [2.05, 4.69) is 20.9 Å². The highest BCUT2D eigenvalue weighted by atomic mass is 17.1. The molecule has 0 aromatic carbocycles. The summed E-state index contributed by atoms with van der Waals surface area (Å²) in [5.74, 6) is -2.76. The molecule has 1 unspecified atom stereocenters. The molecule has 7 heteroatoms. The van der Waals surface area contributed by atoms with Crippen LogP contribution < -0.4 is 0 Å². The minimum absolute atomic E-state index is 0.0631. The lowest BCUT2D eigenvalue weighted by Gasteiger charge is -2.25. The van der Waals surface area contributed by atoms with Crippen LogP contribution in [-0.4, -0.2) is 34.9 Å². The van der Waals surface area contributed by atoms with Crippen LogP contribution in [0.2, 0.25) is 0 Å². The van der Waals surface area contributed by atoms with Gasteiger partial charge in [-0.3, -0.25) is 5.26 Å². The average molecular weight is 220 g/mol. The molecule has 0 rings (SSSR count). The van der Waals surface area contributed by atoms with Crippen LogP contribution in [0.25, 0.3) is 0 Å². The summed E-state index contributed by atoms with van der Waals surface area (Å²) in [4.78, 5) is 25.0. The van der Waals surface area contributed by atoms with Crippen LogP contribution in [0, 0.1) is 0 Å². The molecule has 0 aliphatic carbocycles. The van der Waals surface area contributed by atoms with E-state index >= 15 is 0 Å². The molecular formula is C8H12O7. The second-order valence-corrected chi connectivity index (χ2v) is 2.95. The van der Waals surface area contributed by atoms with Crippen molar-refractivity contribution in [2.24, 2.45) is 0 Å². The summed E-state index contributed by atoms with van der Waals surface area (Å²) >= 11 is 0. The zero-order chi connectivity index (χ0) is 12.1. The van der Waals surface area contributed by atoms with Crippen molar-refractivity contribution < 1.29 is 34.3 Å². The highest BCUT2D eigenvalue weighted by Crippen LogP contribution is 2.15. The smallest absolute Gasteiger partial charge is 0.450 e. The summed E-state index contributed by atoms with van der Waals surface area (Å²) in [6.45, 7) is 5.16. The Morgan fingerprint density at radius 1 is 1.40 bits per heavy atom. The number of carboxylic acid groups (broad SMARTS) is 1. The molecule has 0 aromatic heterocycles. The summed E-state index contributed by atoms with van der Waals surface area (Å²) in [6, 6.07) is 0. The van der Waals surface area contributed by atoms with Gasteiger partial charge in [0.1, 0.15) is 0 Å². The quantitative estimate of drug-likeness (QED) is 0.234.